The highest BCUT2D eigenvalue weighted by Gasteiger charge is 2.13. The van der Waals surface area contributed by atoms with Gasteiger partial charge < -0.3 is 5.11 Å². The van der Waals surface area contributed by atoms with Crippen molar-refractivity contribution in [2.24, 2.45) is 5.10 Å². The van der Waals surface area contributed by atoms with E-state index in [1.807, 2.05) is 0 Å². The van der Waals surface area contributed by atoms with Crippen LogP contribution in [0.3, 0.4) is 0 Å². The Morgan fingerprint density at radius 2 is 2.04 bits per heavy atom. The molecule has 0 atom stereocenters. The quantitative estimate of drug-likeness (QED) is 0.363. The molecule has 1 amide bonds. The van der Waals surface area contributed by atoms with Crippen molar-refractivity contribution in [3.63, 3.8) is 0 Å². The monoisotopic (exact) mass is 392 g/mol. The van der Waals surface area contributed by atoms with Crippen LogP contribution in [0.1, 0.15) is 48.5 Å². The Morgan fingerprint density at radius 3 is 2.74 bits per heavy atom. The molecule has 0 aliphatic carbocycles. The van der Waals surface area contributed by atoms with Gasteiger partial charge in [-0.3, -0.25) is 19.1 Å². The number of hydrogen-bond acceptors (Lipinski definition) is 5. The minimum atomic E-state index is -0.793. The van der Waals surface area contributed by atoms with Gasteiger partial charge in [0.15, 0.2) is 0 Å². The molecule has 1 aromatic heterocycles. The van der Waals surface area contributed by atoms with Crippen molar-refractivity contribution >= 4 is 23.7 Å². The molecule has 2 aromatic rings. The van der Waals surface area contributed by atoms with E-state index in [0.29, 0.717) is 6.42 Å². The number of H-pyrrole nitrogens is 1. The molecule has 0 aliphatic rings. The highest BCUT2D eigenvalue weighted by atomic mass is 35.5. The normalized spacial score (nSPS) is 11.0. The minimum absolute atomic E-state index is 0.218. The number of halogens is 1. The third-order valence-electron chi connectivity index (χ3n) is 3.92. The number of carbonyl (C=O) groups is 1. The van der Waals surface area contributed by atoms with Gasteiger partial charge >= 0.3 is 5.69 Å². The Kier molecular flexibility index (Phi) is 7.36. The zero-order valence-electron chi connectivity index (χ0n) is 14.9. The summed E-state index contributed by atoms with van der Waals surface area (Å²) in [6.45, 7) is 2.34. The average molecular weight is 393 g/mol. The summed E-state index contributed by atoms with van der Waals surface area (Å²) in [5, 5.41) is 14.2. The van der Waals surface area contributed by atoms with E-state index in [1.54, 1.807) is 18.2 Å². The summed E-state index contributed by atoms with van der Waals surface area (Å²) in [7, 11) is 0. The Hall–Kier alpha value is -2.87. The number of nitrogens with one attached hydrogen (secondary N) is 2. The molecule has 2 rings (SSSR count). The summed E-state index contributed by atoms with van der Waals surface area (Å²) in [4.78, 5) is 38.0. The van der Waals surface area contributed by atoms with E-state index in [4.69, 9.17) is 11.6 Å². The van der Waals surface area contributed by atoms with Gasteiger partial charge in [0.1, 0.15) is 5.56 Å². The number of aromatic amines is 1. The maximum atomic E-state index is 12.0. The van der Waals surface area contributed by atoms with Crippen molar-refractivity contribution in [2.75, 3.05) is 0 Å². The Balaban J connectivity index is 2.16. The van der Waals surface area contributed by atoms with E-state index >= 15 is 0 Å². The van der Waals surface area contributed by atoms with Crippen molar-refractivity contribution < 1.29 is 9.90 Å². The zero-order valence-corrected chi connectivity index (χ0v) is 15.6. The smallest absolute Gasteiger partial charge is 0.331 e. The summed E-state index contributed by atoms with van der Waals surface area (Å²) in [6, 6.07) is 6.41. The fourth-order valence-corrected chi connectivity index (χ4v) is 2.68. The highest BCUT2D eigenvalue weighted by Crippen LogP contribution is 2.14. The summed E-state index contributed by atoms with van der Waals surface area (Å²) in [6.07, 6.45) is 4.63. The van der Waals surface area contributed by atoms with Crippen LogP contribution in [-0.2, 0) is 6.54 Å². The van der Waals surface area contributed by atoms with Crippen molar-refractivity contribution in [1.82, 2.24) is 15.0 Å². The second-order valence-electron chi connectivity index (χ2n) is 5.89. The number of unbranched alkanes of at least 4 members (excludes halogenated alkanes) is 3. The van der Waals surface area contributed by atoms with Gasteiger partial charge in [-0.05, 0) is 18.6 Å². The molecule has 0 unspecified atom stereocenters. The number of aromatic hydroxyl groups is 1. The second-order valence-corrected chi connectivity index (χ2v) is 6.30. The first-order valence-corrected chi connectivity index (χ1v) is 8.97. The molecule has 1 aromatic carbocycles. The van der Waals surface area contributed by atoms with Gasteiger partial charge in [0, 0.05) is 6.54 Å². The molecule has 27 heavy (non-hydrogen) atoms. The van der Waals surface area contributed by atoms with Crippen LogP contribution in [0.15, 0.2) is 39.0 Å². The number of hydrogen-bond donors (Lipinski definition) is 3. The van der Waals surface area contributed by atoms with E-state index in [2.05, 4.69) is 22.4 Å². The molecule has 0 radical (unpaired) electrons. The van der Waals surface area contributed by atoms with Crippen LogP contribution in [-0.4, -0.2) is 26.8 Å². The molecule has 0 fully saturated rings. The van der Waals surface area contributed by atoms with Crippen LogP contribution in [0, 0.1) is 0 Å². The minimum Gasteiger partial charge on any atom is -0.494 e. The van der Waals surface area contributed by atoms with Crippen LogP contribution in [0.4, 0.5) is 0 Å². The maximum Gasteiger partial charge on any atom is 0.331 e. The first kappa shape index (κ1) is 20.4. The number of aromatic nitrogens is 2. The predicted molar refractivity (Wildman–Crippen MR) is 104 cm³/mol. The lowest BCUT2D eigenvalue weighted by molar-refractivity contribution is 0.0955. The van der Waals surface area contributed by atoms with Crippen LogP contribution in [0.2, 0.25) is 5.02 Å². The van der Waals surface area contributed by atoms with E-state index in [9.17, 15) is 19.5 Å². The standard InChI is InChI=1S/C18H21ClN4O4/c1-2-3-4-7-10-23-17(26)13(15(24)21-18(23)27)11-20-22-16(25)12-8-5-6-9-14(12)19/h5-6,8-9,11,26H,2-4,7,10H2,1H3,(H,22,25)(H,21,24,27). The van der Waals surface area contributed by atoms with Crippen LogP contribution >= 0.6 is 11.6 Å². The molecule has 1 heterocycles. The fraction of sp³-hybridized carbons (Fsp3) is 0.333. The number of rotatable bonds is 8. The Bertz CT molecular complexity index is 949. The highest BCUT2D eigenvalue weighted by molar-refractivity contribution is 6.33. The van der Waals surface area contributed by atoms with Crippen molar-refractivity contribution in [3.8, 4) is 5.88 Å². The Morgan fingerprint density at radius 1 is 1.30 bits per heavy atom. The molecule has 0 saturated heterocycles. The van der Waals surface area contributed by atoms with Crippen LogP contribution in [0.25, 0.3) is 0 Å². The number of amides is 1. The molecular formula is C18H21ClN4O4. The zero-order chi connectivity index (χ0) is 19.8. The average Bonchev–Trinajstić information content (AvgIpc) is 2.63. The number of nitrogens with zero attached hydrogens (tertiary/aromatic N) is 2. The van der Waals surface area contributed by atoms with E-state index in [-0.39, 0.29) is 22.7 Å². The first-order chi connectivity index (χ1) is 13.0. The van der Waals surface area contributed by atoms with E-state index < -0.39 is 23.0 Å². The summed E-state index contributed by atoms with van der Waals surface area (Å²) >= 11 is 5.93. The third kappa shape index (κ3) is 5.30. The largest absolute Gasteiger partial charge is 0.494 e. The molecule has 0 bridgehead atoms. The van der Waals surface area contributed by atoms with E-state index in [1.165, 1.54) is 6.07 Å². The van der Waals surface area contributed by atoms with Gasteiger partial charge in [-0.2, -0.15) is 5.10 Å². The third-order valence-corrected chi connectivity index (χ3v) is 4.25. The summed E-state index contributed by atoms with van der Waals surface area (Å²) in [5.74, 6) is -1.06. The lowest BCUT2D eigenvalue weighted by Gasteiger charge is -2.09. The molecule has 0 spiro atoms. The fourth-order valence-electron chi connectivity index (χ4n) is 2.46. The summed E-state index contributed by atoms with van der Waals surface area (Å²) in [5.41, 5.74) is 0.749. The number of carbonyl (C=O) groups excluding carboxylic acids is 1. The molecule has 8 nitrogen and oxygen atoms in total. The van der Waals surface area contributed by atoms with Crippen molar-refractivity contribution in [2.45, 2.75) is 39.2 Å². The van der Waals surface area contributed by atoms with Crippen LogP contribution < -0.4 is 16.7 Å². The molecule has 0 aliphatic heterocycles. The van der Waals surface area contributed by atoms with Gasteiger partial charge in [-0.15, -0.1) is 0 Å². The number of benzene rings is 1. The second kappa shape index (κ2) is 9.72. The predicted octanol–water partition coefficient (Wildman–Crippen LogP) is 2.24. The van der Waals surface area contributed by atoms with Gasteiger partial charge in [0.05, 0.1) is 16.8 Å². The Labute approximate surface area is 160 Å². The molecule has 0 saturated carbocycles. The topological polar surface area (TPSA) is 117 Å². The van der Waals surface area contributed by atoms with Crippen molar-refractivity contribution in [3.05, 3.63) is 61.3 Å². The van der Waals surface area contributed by atoms with Gasteiger partial charge in [-0.1, -0.05) is 49.9 Å². The SMILES string of the molecule is CCCCCCn1c(O)c(C=NNC(=O)c2ccccc2Cl)c(=O)[nH]c1=O. The molecular weight excluding hydrogens is 372 g/mol. The maximum absolute atomic E-state index is 12.0. The summed E-state index contributed by atoms with van der Waals surface area (Å²) < 4.78 is 1.08. The number of hydrazone groups is 1. The first-order valence-electron chi connectivity index (χ1n) is 8.59. The molecule has 9 heteroatoms. The van der Waals surface area contributed by atoms with Crippen molar-refractivity contribution in [1.29, 1.82) is 0 Å². The molecule has 144 valence electrons. The van der Waals surface area contributed by atoms with Gasteiger partial charge in [0.2, 0.25) is 5.88 Å². The van der Waals surface area contributed by atoms with Gasteiger partial charge in [-0.25, -0.2) is 10.2 Å². The lowest BCUT2D eigenvalue weighted by atomic mass is 10.2. The van der Waals surface area contributed by atoms with Gasteiger partial charge in [0.25, 0.3) is 11.5 Å². The van der Waals surface area contributed by atoms with E-state index in [0.717, 1.165) is 30.0 Å². The van der Waals surface area contributed by atoms with Crippen LogP contribution in [0.5, 0.6) is 5.88 Å². The lowest BCUT2D eigenvalue weighted by Crippen LogP contribution is -2.32. The molecule has 3 N–H and O–H groups in total.